The third kappa shape index (κ3) is 5.50. The van der Waals surface area contributed by atoms with Crippen molar-refractivity contribution in [2.75, 3.05) is 36.2 Å². The first-order chi connectivity index (χ1) is 14.5. The molecule has 0 fully saturated rings. The lowest BCUT2D eigenvalue weighted by molar-refractivity contribution is 0.168. The standard InChI is InChI=1S/C24H26FN3O2/c1-4-30-24(29)27-23-13-8-17(16-26-20-7-5-6-19(25)15-20)14-22(23)18-9-11-21(12-10-18)28(2)3/h5-15,26H,4,16H2,1-3H3,(H,27,29). The fourth-order valence-corrected chi connectivity index (χ4v) is 3.07. The summed E-state index contributed by atoms with van der Waals surface area (Å²) in [6.07, 6.45) is -0.491. The minimum atomic E-state index is -0.491. The van der Waals surface area contributed by atoms with Crippen LogP contribution >= 0.6 is 0 Å². The van der Waals surface area contributed by atoms with Crippen LogP contribution in [0.25, 0.3) is 11.1 Å². The molecule has 0 atom stereocenters. The van der Waals surface area contributed by atoms with Gasteiger partial charge in [-0.3, -0.25) is 5.32 Å². The smallest absolute Gasteiger partial charge is 0.411 e. The Bertz CT molecular complexity index is 1000. The van der Waals surface area contributed by atoms with Gasteiger partial charge in [0, 0.05) is 37.6 Å². The second kappa shape index (κ2) is 9.78. The first kappa shape index (κ1) is 21.2. The molecule has 6 heteroatoms. The van der Waals surface area contributed by atoms with Crippen LogP contribution in [0.5, 0.6) is 0 Å². The van der Waals surface area contributed by atoms with E-state index in [0.717, 1.165) is 22.4 Å². The molecule has 5 nitrogen and oxygen atoms in total. The second-order valence-electron chi connectivity index (χ2n) is 7.03. The van der Waals surface area contributed by atoms with Gasteiger partial charge in [-0.25, -0.2) is 9.18 Å². The van der Waals surface area contributed by atoms with E-state index in [0.29, 0.717) is 24.5 Å². The van der Waals surface area contributed by atoms with Crippen LogP contribution in [0.3, 0.4) is 0 Å². The molecule has 0 heterocycles. The lowest BCUT2D eigenvalue weighted by Crippen LogP contribution is -2.14. The number of ether oxygens (including phenoxy) is 1. The van der Waals surface area contributed by atoms with Crippen LogP contribution in [0.4, 0.5) is 26.2 Å². The van der Waals surface area contributed by atoms with Crippen LogP contribution in [0.15, 0.2) is 66.7 Å². The zero-order chi connectivity index (χ0) is 21.5. The third-order valence-electron chi connectivity index (χ3n) is 4.61. The Kier molecular flexibility index (Phi) is 6.91. The Balaban J connectivity index is 1.88. The number of carbonyl (C=O) groups excluding carboxylic acids is 1. The molecule has 0 bridgehead atoms. The topological polar surface area (TPSA) is 53.6 Å². The Morgan fingerprint density at radius 1 is 1.03 bits per heavy atom. The van der Waals surface area contributed by atoms with Gasteiger partial charge in [0.25, 0.3) is 0 Å². The van der Waals surface area contributed by atoms with Crippen molar-refractivity contribution in [3.05, 3.63) is 78.1 Å². The van der Waals surface area contributed by atoms with Gasteiger partial charge in [-0.2, -0.15) is 0 Å². The van der Waals surface area contributed by atoms with Gasteiger partial charge in [-0.15, -0.1) is 0 Å². The van der Waals surface area contributed by atoms with E-state index in [2.05, 4.69) is 10.6 Å². The summed E-state index contributed by atoms with van der Waals surface area (Å²) in [6.45, 7) is 2.59. The Labute approximate surface area is 176 Å². The monoisotopic (exact) mass is 407 g/mol. The number of rotatable bonds is 7. The average molecular weight is 407 g/mol. The molecule has 0 aromatic heterocycles. The van der Waals surface area contributed by atoms with Crippen molar-refractivity contribution in [3.63, 3.8) is 0 Å². The van der Waals surface area contributed by atoms with E-state index in [-0.39, 0.29) is 5.82 Å². The number of anilines is 3. The van der Waals surface area contributed by atoms with E-state index < -0.39 is 6.09 Å². The molecule has 0 aliphatic heterocycles. The lowest BCUT2D eigenvalue weighted by Gasteiger charge is -2.16. The fourth-order valence-electron chi connectivity index (χ4n) is 3.07. The maximum atomic E-state index is 13.4. The van der Waals surface area contributed by atoms with Gasteiger partial charge in [-0.1, -0.05) is 24.3 Å². The zero-order valence-electron chi connectivity index (χ0n) is 17.4. The third-order valence-corrected chi connectivity index (χ3v) is 4.61. The number of nitrogens with one attached hydrogen (secondary N) is 2. The minimum absolute atomic E-state index is 0.282. The predicted molar refractivity (Wildman–Crippen MR) is 121 cm³/mol. The van der Waals surface area contributed by atoms with Crippen molar-refractivity contribution in [1.82, 2.24) is 0 Å². The highest BCUT2D eigenvalue weighted by atomic mass is 19.1. The Morgan fingerprint density at radius 3 is 2.47 bits per heavy atom. The van der Waals surface area contributed by atoms with Crippen molar-refractivity contribution in [2.45, 2.75) is 13.5 Å². The van der Waals surface area contributed by atoms with Crippen LogP contribution in [-0.4, -0.2) is 26.8 Å². The SMILES string of the molecule is CCOC(=O)Nc1ccc(CNc2cccc(F)c2)cc1-c1ccc(N(C)C)cc1. The van der Waals surface area contributed by atoms with Crippen molar-refractivity contribution in [3.8, 4) is 11.1 Å². The molecule has 2 N–H and O–H groups in total. The van der Waals surface area contributed by atoms with Crippen LogP contribution in [0.1, 0.15) is 12.5 Å². The fraction of sp³-hybridized carbons (Fsp3) is 0.208. The van der Waals surface area contributed by atoms with Crippen LogP contribution in [0, 0.1) is 5.82 Å². The highest BCUT2D eigenvalue weighted by molar-refractivity contribution is 5.92. The second-order valence-corrected chi connectivity index (χ2v) is 7.03. The summed E-state index contributed by atoms with van der Waals surface area (Å²) in [7, 11) is 3.98. The lowest BCUT2D eigenvalue weighted by atomic mass is 10.00. The molecule has 156 valence electrons. The molecule has 0 saturated carbocycles. The molecule has 0 aliphatic rings. The van der Waals surface area contributed by atoms with Gasteiger partial charge < -0.3 is 15.0 Å². The molecule has 0 radical (unpaired) electrons. The number of nitrogens with zero attached hydrogens (tertiary/aromatic N) is 1. The summed E-state index contributed by atoms with van der Waals surface area (Å²) in [5.74, 6) is -0.282. The van der Waals surface area contributed by atoms with E-state index in [9.17, 15) is 9.18 Å². The first-order valence-electron chi connectivity index (χ1n) is 9.80. The number of benzene rings is 3. The molecule has 3 aromatic rings. The number of hydrogen-bond acceptors (Lipinski definition) is 4. The molecular weight excluding hydrogens is 381 g/mol. The molecule has 3 aromatic carbocycles. The van der Waals surface area contributed by atoms with Gasteiger partial charge in [0.1, 0.15) is 5.82 Å². The quantitative estimate of drug-likeness (QED) is 0.524. The maximum absolute atomic E-state index is 13.4. The summed E-state index contributed by atoms with van der Waals surface area (Å²) < 4.78 is 18.4. The maximum Gasteiger partial charge on any atom is 0.411 e. The summed E-state index contributed by atoms with van der Waals surface area (Å²) in [6, 6.07) is 20.2. The molecule has 0 saturated heterocycles. The molecule has 30 heavy (non-hydrogen) atoms. The number of hydrogen-bond donors (Lipinski definition) is 2. The number of halogens is 1. The van der Waals surface area contributed by atoms with Crippen LogP contribution < -0.4 is 15.5 Å². The normalized spacial score (nSPS) is 10.4. The van der Waals surface area contributed by atoms with E-state index in [1.807, 2.05) is 67.5 Å². The summed E-state index contributed by atoms with van der Waals surface area (Å²) >= 11 is 0. The summed E-state index contributed by atoms with van der Waals surface area (Å²) in [5.41, 5.74) is 5.32. The summed E-state index contributed by atoms with van der Waals surface area (Å²) in [4.78, 5) is 14.0. The van der Waals surface area contributed by atoms with Gasteiger partial charge in [-0.05, 0) is 60.5 Å². The van der Waals surface area contributed by atoms with E-state index in [1.54, 1.807) is 13.0 Å². The first-order valence-corrected chi connectivity index (χ1v) is 9.80. The van der Waals surface area contributed by atoms with Crippen molar-refractivity contribution in [1.29, 1.82) is 0 Å². The van der Waals surface area contributed by atoms with Crippen molar-refractivity contribution >= 4 is 23.2 Å². The number of amides is 1. The Morgan fingerprint density at radius 2 is 1.80 bits per heavy atom. The predicted octanol–water partition coefficient (Wildman–Crippen LogP) is 5.74. The average Bonchev–Trinajstić information content (AvgIpc) is 2.73. The van der Waals surface area contributed by atoms with E-state index in [4.69, 9.17) is 4.74 Å². The van der Waals surface area contributed by atoms with Crippen LogP contribution in [0.2, 0.25) is 0 Å². The largest absolute Gasteiger partial charge is 0.450 e. The van der Waals surface area contributed by atoms with Crippen molar-refractivity contribution in [2.24, 2.45) is 0 Å². The Hall–Kier alpha value is -3.54. The van der Waals surface area contributed by atoms with Crippen LogP contribution in [-0.2, 0) is 11.3 Å². The van der Waals surface area contributed by atoms with Crippen molar-refractivity contribution < 1.29 is 13.9 Å². The minimum Gasteiger partial charge on any atom is -0.450 e. The molecule has 3 rings (SSSR count). The number of carbonyl (C=O) groups is 1. The zero-order valence-corrected chi connectivity index (χ0v) is 17.4. The van der Waals surface area contributed by atoms with E-state index in [1.165, 1.54) is 12.1 Å². The highest BCUT2D eigenvalue weighted by Gasteiger charge is 2.11. The van der Waals surface area contributed by atoms with Gasteiger partial charge in [0.15, 0.2) is 0 Å². The molecule has 1 amide bonds. The van der Waals surface area contributed by atoms with Gasteiger partial charge in [0.05, 0.1) is 12.3 Å². The van der Waals surface area contributed by atoms with Gasteiger partial charge in [0.2, 0.25) is 0 Å². The highest BCUT2D eigenvalue weighted by Crippen LogP contribution is 2.31. The van der Waals surface area contributed by atoms with Gasteiger partial charge >= 0.3 is 6.09 Å². The summed E-state index contributed by atoms with van der Waals surface area (Å²) in [5, 5.41) is 6.04. The molecular formula is C24H26FN3O2. The molecule has 0 aliphatic carbocycles. The molecule has 0 unspecified atom stereocenters. The molecule has 0 spiro atoms. The van der Waals surface area contributed by atoms with E-state index >= 15 is 0 Å².